The number of hydrogen-bond acceptors (Lipinski definition) is 19. The molecule has 25 heteroatoms. The highest BCUT2D eigenvalue weighted by molar-refractivity contribution is 7.59. The number of rotatable bonds is 18. The smallest absolute Gasteiger partial charge is 0.318 e. The van der Waals surface area contributed by atoms with Crippen molar-refractivity contribution in [1.82, 2.24) is 39.5 Å². The lowest BCUT2D eigenvalue weighted by Crippen LogP contribution is -2.55. The van der Waals surface area contributed by atoms with Gasteiger partial charge < -0.3 is 53.5 Å². The van der Waals surface area contributed by atoms with E-state index in [-0.39, 0.29) is 109 Å². The molecule has 6 aromatic rings. The summed E-state index contributed by atoms with van der Waals surface area (Å²) in [4.78, 5) is 62.5. The number of carbonyl (C=O) groups excluding carboxylic acids is 2. The quantitative estimate of drug-likeness (QED) is 0.0628. The number of ether oxygens (including phenoxy) is 4. The van der Waals surface area contributed by atoms with Crippen LogP contribution in [0.15, 0.2) is 98.1 Å². The van der Waals surface area contributed by atoms with Crippen molar-refractivity contribution in [3.05, 3.63) is 126 Å². The molecule has 1 N–H and O–H groups in total. The largest absolute Gasteiger partial charge is 0.508 e. The zero-order valence-electron chi connectivity index (χ0n) is 56.1. The molecule has 12 rings (SSSR count). The lowest BCUT2D eigenvalue weighted by atomic mass is 10.00. The maximum atomic E-state index is 12.6. The minimum absolute atomic E-state index is 0. The summed E-state index contributed by atoms with van der Waals surface area (Å²) in [5.74, 6) is 1.60. The Hall–Kier alpha value is -7.20. The van der Waals surface area contributed by atoms with Gasteiger partial charge in [0.05, 0.1) is 100 Å². The molecule has 0 saturated carbocycles. The first-order chi connectivity index (χ1) is 44.7. The lowest BCUT2D eigenvalue weighted by Gasteiger charge is -2.42. The predicted molar refractivity (Wildman–Crippen MR) is 399 cm³/mol. The second-order valence-electron chi connectivity index (χ2n) is 25.3. The summed E-state index contributed by atoms with van der Waals surface area (Å²) in [5, 5.41) is 34.2. The lowest BCUT2D eigenvalue weighted by molar-refractivity contribution is -0.129. The fourth-order valence-electron chi connectivity index (χ4n) is 14.0. The number of fused-ring (bicyclic) bond motifs is 4. The summed E-state index contributed by atoms with van der Waals surface area (Å²) in [6.07, 6.45) is 6.78. The van der Waals surface area contributed by atoms with Gasteiger partial charge in [-0.05, 0) is 101 Å². The van der Waals surface area contributed by atoms with Crippen molar-refractivity contribution in [3.8, 4) is 29.9 Å². The molecule has 4 aromatic carbocycles. The highest BCUT2D eigenvalue weighted by Gasteiger charge is 2.36. The van der Waals surface area contributed by atoms with Gasteiger partial charge in [-0.1, -0.05) is 67.8 Å². The topological polar surface area (TPSA) is 216 Å². The van der Waals surface area contributed by atoms with E-state index in [9.17, 15) is 25.2 Å². The van der Waals surface area contributed by atoms with Crippen LogP contribution < -0.4 is 29.1 Å². The van der Waals surface area contributed by atoms with Crippen molar-refractivity contribution in [2.75, 3.05) is 125 Å². The number of phenolic OH excluding ortho intramolecular Hbond substituents is 1. The minimum atomic E-state index is -0.268. The van der Waals surface area contributed by atoms with Gasteiger partial charge in [0.25, 0.3) is 0 Å². The van der Waals surface area contributed by atoms with E-state index in [1.165, 1.54) is 34.2 Å². The number of nitrogens with zero attached hydrogens (tertiary/aromatic N) is 14. The SMILES string of the molecule is C=CC(=O)N1CCN(c2nc(OCCCN3C[C@H](C)OC[C@@H]3C)nc3c2CCN(c2cc(C)cc4ccccc24)C3)CC1CC#N.C=CC(=O)N1CCN(c2nc(OCCCN3C[C@H](C)OC[C@@H]3C)nc3c2CCN(c2cc(O)cc4ccccc24)C3)CC1CC#N.S.S.S.S. The first-order valence-corrected chi connectivity index (χ1v) is 32.8. The van der Waals surface area contributed by atoms with Crippen molar-refractivity contribution in [2.24, 2.45) is 0 Å². The third-order valence-electron chi connectivity index (χ3n) is 18.8. The Kier molecular flexibility index (Phi) is 28.0. The van der Waals surface area contributed by atoms with Crippen LogP contribution in [0.3, 0.4) is 0 Å². The summed E-state index contributed by atoms with van der Waals surface area (Å²) >= 11 is 0. The number of hydrogen-bond donors (Lipinski definition) is 1. The number of phenols is 1. The molecular weight excluding hydrogens is 1290 g/mol. The average molecular weight is 1390 g/mol. The Labute approximate surface area is 593 Å². The van der Waals surface area contributed by atoms with Crippen LogP contribution in [-0.4, -0.2) is 198 Å². The zero-order valence-corrected chi connectivity index (χ0v) is 60.1. The highest BCUT2D eigenvalue weighted by atomic mass is 32.1. The maximum absolute atomic E-state index is 12.6. The summed E-state index contributed by atoms with van der Waals surface area (Å²) < 4.78 is 24.1. The first-order valence-electron chi connectivity index (χ1n) is 32.8. The van der Waals surface area contributed by atoms with Gasteiger partial charge in [-0.3, -0.25) is 19.4 Å². The van der Waals surface area contributed by atoms with E-state index in [1.54, 1.807) is 15.9 Å². The summed E-state index contributed by atoms with van der Waals surface area (Å²) in [7, 11) is 0. The minimum Gasteiger partial charge on any atom is -0.508 e. The molecule has 6 atom stereocenters. The van der Waals surface area contributed by atoms with Gasteiger partial charge in [-0.15, -0.1) is 0 Å². The molecule has 2 amide bonds. The van der Waals surface area contributed by atoms with E-state index in [4.69, 9.17) is 38.9 Å². The van der Waals surface area contributed by atoms with Crippen molar-refractivity contribution in [1.29, 1.82) is 10.5 Å². The third-order valence-corrected chi connectivity index (χ3v) is 18.8. The van der Waals surface area contributed by atoms with E-state index < -0.39 is 0 Å². The first kappa shape index (κ1) is 76.2. The van der Waals surface area contributed by atoms with E-state index in [1.807, 2.05) is 24.3 Å². The van der Waals surface area contributed by atoms with Gasteiger partial charge in [-0.2, -0.15) is 84.4 Å². The van der Waals surface area contributed by atoms with Crippen LogP contribution in [-0.2, 0) is 45.0 Å². The number of morpholine rings is 2. The van der Waals surface area contributed by atoms with E-state index in [0.717, 1.165) is 122 Å². The van der Waals surface area contributed by atoms with Gasteiger partial charge in [0.2, 0.25) is 11.8 Å². The Morgan fingerprint density at radius 3 is 1.48 bits per heavy atom. The van der Waals surface area contributed by atoms with Crippen LogP contribution >= 0.6 is 54.0 Å². The van der Waals surface area contributed by atoms with Crippen LogP contribution in [0.1, 0.15) is 81.5 Å². The Morgan fingerprint density at radius 1 is 0.594 bits per heavy atom. The van der Waals surface area contributed by atoms with Crippen molar-refractivity contribution in [3.63, 3.8) is 0 Å². The van der Waals surface area contributed by atoms with E-state index in [0.29, 0.717) is 96.1 Å². The molecule has 0 spiro atoms. The van der Waals surface area contributed by atoms with Crippen molar-refractivity contribution >= 4 is 110 Å². The standard InChI is InChI=1S/C36H45N7O3.C35H43N7O4.4H2S/c1-5-34(44)43-17-16-42(22-29(43)11-13-37)35-31-12-15-41(33-20-25(2)19-28-9-6-7-10-30(28)33)23-32(31)38-36(39-35)45-18-8-14-40-21-27(4)46-24-26(40)3;1-4-33(44)42-16-15-41(21-27(42)10-12-36)34-30-11-14-40(32-19-28(43)18-26-8-5-6-9-29(26)32)22-31(30)37-35(38-34)45-17-7-13-39-20-25(3)46-23-24(39)2;;;;/h5-7,9-10,19-20,26-27,29H,1,8,11-12,14-18,21-24H2,2-4H3;4-6,8-9,18-19,24-25,27,43H,1,7,10-11,13-17,20-23H2,2-3H3;4*1H2/t26-,27-,29?;24-,25-,27?;;;;/m00..../s1. The number of aromatic nitrogens is 4. The number of amides is 2. The fourth-order valence-corrected chi connectivity index (χ4v) is 14.0. The van der Waals surface area contributed by atoms with Crippen LogP contribution in [0.4, 0.5) is 23.0 Å². The number of carbonyl (C=O) groups is 2. The molecule has 2 unspecified atom stereocenters. The van der Waals surface area contributed by atoms with Crippen molar-refractivity contribution in [2.45, 2.75) is 123 Å². The summed E-state index contributed by atoms with van der Waals surface area (Å²) in [6, 6.07) is 30.2. The molecule has 516 valence electrons. The second-order valence-corrected chi connectivity index (χ2v) is 25.3. The van der Waals surface area contributed by atoms with Gasteiger partial charge in [0.15, 0.2) is 0 Å². The van der Waals surface area contributed by atoms with Gasteiger partial charge >= 0.3 is 12.0 Å². The molecule has 4 fully saturated rings. The van der Waals surface area contributed by atoms with E-state index in [2.05, 4.69) is 132 Å². The number of anilines is 4. The van der Waals surface area contributed by atoms with Crippen molar-refractivity contribution < 1.29 is 33.6 Å². The molecule has 0 radical (unpaired) electrons. The highest BCUT2D eigenvalue weighted by Crippen LogP contribution is 2.39. The van der Waals surface area contributed by atoms with Gasteiger partial charge in [0.1, 0.15) is 17.4 Å². The molecular formula is C71H96N14O7S4. The van der Waals surface area contributed by atoms with Crippen LogP contribution in [0.2, 0.25) is 0 Å². The number of aryl methyl sites for hydroxylation is 1. The van der Waals surface area contributed by atoms with Crippen LogP contribution in [0.5, 0.6) is 17.8 Å². The predicted octanol–water partition coefficient (Wildman–Crippen LogP) is 8.84. The summed E-state index contributed by atoms with van der Waals surface area (Å²) in [6.45, 7) is 30.2. The molecule has 21 nitrogen and oxygen atoms in total. The second kappa shape index (κ2) is 35.3. The fraction of sp³-hybridized carbons (Fsp3) is 0.493. The monoisotopic (exact) mass is 1380 g/mol. The Balaban J connectivity index is 0.000000260. The number of nitriles is 2. The van der Waals surface area contributed by atoms with Gasteiger partial charge in [0, 0.05) is 130 Å². The average Bonchev–Trinajstić information content (AvgIpc) is 0.772. The van der Waals surface area contributed by atoms with Crippen LogP contribution in [0.25, 0.3) is 21.5 Å². The molecule has 2 aromatic heterocycles. The molecule has 6 aliphatic rings. The molecule has 4 saturated heterocycles. The normalized spacial score (nSPS) is 21.0. The molecule has 96 heavy (non-hydrogen) atoms. The zero-order chi connectivity index (χ0) is 64.4. The van der Waals surface area contributed by atoms with E-state index >= 15 is 0 Å². The van der Waals surface area contributed by atoms with Crippen LogP contribution in [0, 0.1) is 29.6 Å². The number of benzene rings is 4. The number of piperazine rings is 2. The Morgan fingerprint density at radius 2 is 1.03 bits per heavy atom. The molecule has 6 aliphatic heterocycles. The van der Waals surface area contributed by atoms with Gasteiger partial charge in [-0.25, -0.2) is 0 Å². The molecule has 8 heterocycles. The Bertz CT molecular complexity index is 3510. The maximum Gasteiger partial charge on any atom is 0.318 e. The third kappa shape index (κ3) is 17.9. The summed E-state index contributed by atoms with van der Waals surface area (Å²) in [5.41, 5.74) is 7.43. The molecule has 0 bridgehead atoms. The molecule has 0 aliphatic carbocycles. The number of aromatic hydroxyl groups is 1.